The van der Waals surface area contributed by atoms with E-state index in [1.54, 1.807) is 6.07 Å². The van der Waals surface area contributed by atoms with Gasteiger partial charge in [-0.25, -0.2) is 0 Å². The zero-order chi connectivity index (χ0) is 11.5. The lowest BCUT2D eigenvalue weighted by Gasteiger charge is -2.15. The van der Waals surface area contributed by atoms with E-state index in [1.807, 2.05) is 6.92 Å². The van der Waals surface area contributed by atoms with Crippen molar-refractivity contribution in [3.63, 3.8) is 0 Å². The maximum Gasteiger partial charge on any atom is 0.416 e. The zero-order valence-corrected chi connectivity index (χ0v) is 9.74. The van der Waals surface area contributed by atoms with Gasteiger partial charge in [-0.15, -0.1) is 12.4 Å². The molecule has 1 atom stereocenters. The van der Waals surface area contributed by atoms with Gasteiger partial charge < -0.3 is 5.73 Å². The summed E-state index contributed by atoms with van der Waals surface area (Å²) in [4.78, 5) is 0. The van der Waals surface area contributed by atoms with Crippen LogP contribution in [0, 0.1) is 0 Å². The Hall–Kier alpha value is -0.740. The van der Waals surface area contributed by atoms with E-state index in [0.717, 1.165) is 6.07 Å². The summed E-state index contributed by atoms with van der Waals surface area (Å²) in [6.45, 7) is 1.86. The predicted octanol–water partition coefficient (Wildman–Crippen LogP) is 3.41. The van der Waals surface area contributed by atoms with Gasteiger partial charge in [0.1, 0.15) is 0 Å². The fourth-order valence-electron chi connectivity index (χ4n) is 1.40. The highest BCUT2D eigenvalue weighted by molar-refractivity contribution is 5.85. The molecule has 0 radical (unpaired) electrons. The number of nitrogens with two attached hydrogens (primary N) is 1. The number of halogens is 4. The van der Waals surface area contributed by atoms with Crippen LogP contribution >= 0.6 is 12.4 Å². The van der Waals surface area contributed by atoms with Crippen molar-refractivity contribution in [2.75, 3.05) is 0 Å². The van der Waals surface area contributed by atoms with Crippen molar-refractivity contribution in [2.24, 2.45) is 5.73 Å². The van der Waals surface area contributed by atoms with E-state index >= 15 is 0 Å². The molecular formula is C11H15ClF3N. The third kappa shape index (κ3) is 4.02. The third-order valence-corrected chi connectivity index (χ3v) is 2.33. The summed E-state index contributed by atoms with van der Waals surface area (Å²) >= 11 is 0. The highest BCUT2D eigenvalue weighted by Gasteiger charge is 2.32. The molecule has 0 aromatic heterocycles. The van der Waals surface area contributed by atoms with Crippen molar-refractivity contribution in [2.45, 2.75) is 32.0 Å². The van der Waals surface area contributed by atoms with E-state index in [-0.39, 0.29) is 30.4 Å². The first-order valence-corrected chi connectivity index (χ1v) is 4.85. The minimum absolute atomic E-state index is 0. The summed E-state index contributed by atoms with van der Waals surface area (Å²) in [5, 5.41) is 0. The number of hydrogen-bond acceptors (Lipinski definition) is 1. The molecule has 0 spiro atoms. The van der Waals surface area contributed by atoms with E-state index in [9.17, 15) is 13.2 Å². The molecule has 5 heteroatoms. The predicted molar refractivity (Wildman–Crippen MR) is 60.7 cm³/mol. The molecule has 0 saturated carbocycles. The second-order valence-electron chi connectivity index (χ2n) is 3.53. The van der Waals surface area contributed by atoms with Crippen LogP contribution in [0.2, 0.25) is 0 Å². The van der Waals surface area contributed by atoms with Crippen LogP contribution in [0.3, 0.4) is 0 Å². The third-order valence-electron chi connectivity index (χ3n) is 2.33. The molecule has 0 saturated heterocycles. The van der Waals surface area contributed by atoms with E-state index in [4.69, 9.17) is 5.73 Å². The Labute approximate surface area is 99.2 Å². The Kier molecular flexibility index (Phi) is 5.83. The maximum absolute atomic E-state index is 12.6. The molecule has 16 heavy (non-hydrogen) atoms. The highest BCUT2D eigenvalue weighted by Crippen LogP contribution is 2.32. The van der Waals surface area contributed by atoms with Crippen molar-refractivity contribution in [1.29, 1.82) is 0 Å². The summed E-state index contributed by atoms with van der Waals surface area (Å²) < 4.78 is 37.7. The van der Waals surface area contributed by atoms with Crippen LogP contribution in [0.25, 0.3) is 0 Å². The summed E-state index contributed by atoms with van der Waals surface area (Å²) in [5.41, 5.74) is 5.35. The Balaban J connectivity index is 0.00000225. The quantitative estimate of drug-likeness (QED) is 0.878. The first kappa shape index (κ1) is 15.3. The second-order valence-corrected chi connectivity index (χ2v) is 3.53. The molecular weight excluding hydrogens is 239 g/mol. The lowest BCUT2D eigenvalue weighted by Crippen LogP contribution is -2.23. The Morgan fingerprint density at radius 3 is 2.31 bits per heavy atom. The lowest BCUT2D eigenvalue weighted by atomic mass is 9.99. The van der Waals surface area contributed by atoms with Crippen molar-refractivity contribution in [3.8, 4) is 0 Å². The van der Waals surface area contributed by atoms with Crippen molar-refractivity contribution in [3.05, 3.63) is 35.4 Å². The number of hydrogen-bond donors (Lipinski definition) is 1. The van der Waals surface area contributed by atoms with E-state index < -0.39 is 11.7 Å². The van der Waals surface area contributed by atoms with E-state index in [1.165, 1.54) is 12.1 Å². The van der Waals surface area contributed by atoms with Crippen molar-refractivity contribution < 1.29 is 13.2 Å². The van der Waals surface area contributed by atoms with Crippen molar-refractivity contribution >= 4 is 12.4 Å². The first-order chi connectivity index (χ1) is 6.95. The van der Waals surface area contributed by atoms with Crippen LogP contribution in [0.5, 0.6) is 0 Å². The minimum Gasteiger partial charge on any atom is -0.327 e. The molecule has 0 heterocycles. The molecule has 0 aliphatic carbocycles. The molecule has 2 N–H and O–H groups in total. The molecule has 0 amide bonds. The van der Waals surface area contributed by atoms with Crippen LogP contribution in [0.15, 0.2) is 24.3 Å². The topological polar surface area (TPSA) is 26.0 Å². The Bertz CT molecular complexity index is 325. The summed E-state index contributed by atoms with van der Waals surface area (Å²) in [6.07, 6.45) is -3.34. The zero-order valence-electron chi connectivity index (χ0n) is 8.92. The van der Waals surface area contributed by atoms with Crippen LogP contribution in [0.1, 0.15) is 24.5 Å². The Morgan fingerprint density at radius 1 is 1.25 bits per heavy atom. The summed E-state index contributed by atoms with van der Waals surface area (Å²) in [7, 11) is 0. The molecule has 0 aliphatic heterocycles. The van der Waals surface area contributed by atoms with Crippen LogP contribution < -0.4 is 5.73 Å². The van der Waals surface area contributed by atoms with Gasteiger partial charge in [0.2, 0.25) is 0 Å². The van der Waals surface area contributed by atoms with Crippen molar-refractivity contribution in [1.82, 2.24) is 0 Å². The average molecular weight is 254 g/mol. The van der Waals surface area contributed by atoms with Crippen LogP contribution in [-0.4, -0.2) is 6.04 Å². The molecule has 92 valence electrons. The fourth-order valence-corrected chi connectivity index (χ4v) is 1.40. The molecule has 1 unspecified atom stereocenters. The first-order valence-electron chi connectivity index (χ1n) is 4.85. The van der Waals surface area contributed by atoms with E-state index in [2.05, 4.69) is 0 Å². The molecule has 0 bridgehead atoms. The van der Waals surface area contributed by atoms with Gasteiger partial charge in [-0.1, -0.05) is 25.1 Å². The molecule has 0 aliphatic rings. The molecule has 0 fully saturated rings. The normalized spacial score (nSPS) is 13.1. The Morgan fingerprint density at radius 2 is 1.81 bits per heavy atom. The van der Waals surface area contributed by atoms with Gasteiger partial charge in [0, 0.05) is 6.04 Å². The number of rotatable bonds is 3. The maximum atomic E-state index is 12.6. The molecule has 1 aromatic rings. The van der Waals surface area contributed by atoms with Gasteiger partial charge >= 0.3 is 6.18 Å². The van der Waals surface area contributed by atoms with Crippen LogP contribution in [0.4, 0.5) is 13.2 Å². The van der Waals surface area contributed by atoms with Gasteiger partial charge in [0.05, 0.1) is 5.56 Å². The summed E-state index contributed by atoms with van der Waals surface area (Å²) in [5.74, 6) is 0. The average Bonchev–Trinajstić information content (AvgIpc) is 2.17. The largest absolute Gasteiger partial charge is 0.416 e. The van der Waals surface area contributed by atoms with Gasteiger partial charge in [0.25, 0.3) is 0 Å². The van der Waals surface area contributed by atoms with E-state index in [0.29, 0.717) is 6.42 Å². The number of benzene rings is 1. The second kappa shape index (κ2) is 6.11. The SMILES string of the molecule is CCC(N)Cc1ccccc1C(F)(F)F.Cl. The standard InChI is InChI=1S/C11H14F3N.ClH/c1-2-9(15)7-8-5-3-4-6-10(8)11(12,13)14;/h3-6,9H,2,7,15H2,1H3;1H. The van der Waals surface area contributed by atoms with Gasteiger partial charge in [-0.2, -0.15) is 13.2 Å². The van der Waals surface area contributed by atoms with Gasteiger partial charge in [-0.3, -0.25) is 0 Å². The molecule has 1 rings (SSSR count). The highest BCUT2D eigenvalue weighted by atomic mass is 35.5. The van der Waals surface area contributed by atoms with Crippen LogP contribution in [-0.2, 0) is 12.6 Å². The number of alkyl halides is 3. The van der Waals surface area contributed by atoms with Gasteiger partial charge in [0.15, 0.2) is 0 Å². The summed E-state index contributed by atoms with van der Waals surface area (Å²) in [6, 6.07) is 5.36. The molecule has 1 aromatic carbocycles. The lowest BCUT2D eigenvalue weighted by molar-refractivity contribution is -0.138. The monoisotopic (exact) mass is 253 g/mol. The molecule has 1 nitrogen and oxygen atoms in total. The minimum atomic E-state index is -4.29. The fraction of sp³-hybridized carbons (Fsp3) is 0.455. The smallest absolute Gasteiger partial charge is 0.327 e. The van der Waals surface area contributed by atoms with Gasteiger partial charge in [-0.05, 0) is 24.5 Å².